The first-order valence-corrected chi connectivity index (χ1v) is 15.6. The Bertz CT molecular complexity index is 981. The third-order valence-corrected chi connectivity index (χ3v) is 7.81. The van der Waals surface area contributed by atoms with Crippen LogP contribution in [0.25, 0.3) is 0 Å². The number of cyclic esters (lactones) is 1. The Hall–Kier alpha value is -3.21. The van der Waals surface area contributed by atoms with Crippen molar-refractivity contribution in [3.8, 4) is 0 Å². The van der Waals surface area contributed by atoms with Crippen molar-refractivity contribution in [2.45, 2.75) is 117 Å². The number of unbranched alkanes of at least 4 members (excludes halogenated alkanes) is 8. The Morgan fingerprint density at radius 1 is 1.00 bits per heavy atom. The number of carbonyl (C=O) groups excluding carboxylic acids is 5. The van der Waals surface area contributed by atoms with Crippen molar-refractivity contribution in [1.29, 1.82) is 0 Å². The molecule has 0 spiro atoms. The number of hydrogen-bond acceptors (Lipinski definition) is 7. The number of allylic oxidation sites excluding steroid dienone is 1. The van der Waals surface area contributed by atoms with E-state index in [1.54, 1.807) is 6.92 Å². The van der Waals surface area contributed by atoms with Gasteiger partial charge >= 0.3 is 5.97 Å². The zero-order valence-corrected chi connectivity index (χ0v) is 26.7. The molecule has 0 aliphatic carbocycles. The molecule has 1 heterocycles. The van der Waals surface area contributed by atoms with Gasteiger partial charge in [0.05, 0.1) is 12.5 Å². The van der Waals surface area contributed by atoms with Crippen LogP contribution in [0.4, 0.5) is 0 Å². The van der Waals surface area contributed by atoms with Crippen LogP contribution >= 0.6 is 0 Å². The fourth-order valence-electron chi connectivity index (χ4n) is 5.04. The number of nitrogens with one attached hydrogen (secondary N) is 2. The number of amides is 4. The minimum atomic E-state index is -2.08. The fourth-order valence-corrected chi connectivity index (χ4v) is 5.04. The third kappa shape index (κ3) is 14.7. The molecule has 0 aromatic heterocycles. The highest BCUT2D eigenvalue weighted by Crippen LogP contribution is 2.25. The Labute approximate surface area is 257 Å². The van der Waals surface area contributed by atoms with Gasteiger partial charge < -0.3 is 31.1 Å². The van der Waals surface area contributed by atoms with Crippen LogP contribution in [-0.4, -0.2) is 71.4 Å². The van der Waals surface area contributed by atoms with Crippen LogP contribution in [0.3, 0.4) is 0 Å². The van der Waals surface area contributed by atoms with Crippen molar-refractivity contribution in [2.75, 3.05) is 13.6 Å². The molecular weight excluding hydrogens is 552 g/mol. The minimum Gasteiger partial charge on any atom is -0.460 e. The standard InChI is InChI=1S/C32H54N4O7/c1-21(2)16-14-12-10-8-7-9-11-13-15-17-22(3)29-24(5)31(41)34-23(4)18-19-26(38)36(6)20-25(37)35-27(32(42)43-29)28(39)30(33)40/h18-19,21-22,24,27-29,39H,4,7-17,20H2,1-3,5-6H3,(H2,33,40)(H,34,41)(H,35,37)/b19-18+/t22-,24+,27+,28+,29+/m1/s1. The molecule has 0 saturated carbocycles. The molecule has 0 aromatic rings. The van der Waals surface area contributed by atoms with Gasteiger partial charge in [0.25, 0.3) is 0 Å². The number of ether oxygens (including phenoxy) is 1. The molecule has 1 aliphatic heterocycles. The molecule has 0 unspecified atom stereocenters. The highest BCUT2D eigenvalue weighted by Gasteiger charge is 2.39. The number of likely N-dealkylation sites (N-methyl/N-ethyl adjacent to an activating group) is 1. The summed E-state index contributed by atoms with van der Waals surface area (Å²) in [5.41, 5.74) is 5.38. The summed E-state index contributed by atoms with van der Waals surface area (Å²) in [7, 11) is 1.35. The molecule has 1 rings (SSSR count). The lowest BCUT2D eigenvalue weighted by Crippen LogP contribution is -2.57. The van der Waals surface area contributed by atoms with E-state index < -0.39 is 60.3 Å². The van der Waals surface area contributed by atoms with Crippen LogP contribution in [0.5, 0.6) is 0 Å². The maximum Gasteiger partial charge on any atom is 0.332 e. The molecule has 0 aromatic carbocycles. The molecule has 0 radical (unpaired) electrons. The van der Waals surface area contributed by atoms with E-state index in [0.29, 0.717) is 6.42 Å². The molecule has 11 nitrogen and oxygen atoms in total. The van der Waals surface area contributed by atoms with Crippen molar-refractivity contribution < 1.29 is 33.8 Å². The number of aliphatic hydroxyl groups is 1. The van der Waals surface area contributed by atoms with E-state index >= 15 is 0 Å². The monoisotopic (exact) mass is 606 g/mol. The Morgan fingerprint density at radius 2 is 1.53 bits per heavy atom. The van der Waals surface area contributed by atoms with Crippen molar-refractivity contribution >= 4 is 29.6 Å². The van der Waals surface area contributed by atoms with E-state index in [1.807, 2.05) is 6.92 Å². The van der Waals surface area contributed by atoms with Gasteiger partial charge in [-0.1, -0.05) is 98.5 Å². The summed E-state index contributed by atoms with van der Waals surface area (Å²) in [6.07, 6.45) is 11.9. The number of carbonyl (C=O) groups is 5. The first kappa shape index (κ1) is 37.8. The highest BCUT2D eigenvalue weighted by atomic mass is 16.5. The van der Waals surface area contributed by atoms with Gasteiger partial charge in [-0.15, -0.1) is 0 Å². The van der Waals surface area contributed by atoms with Crippen LogP contribution in [0.1, 0.15) is 98.3 Å². The Balaban J connectivity index is 2.91. The summed E-state index contributed by atoms with van der Waals surface area (Å²) in [6.45, 7) is 11.3. The molecule has 5 atom stereocenters. The van der Waals surface area contributed by atoms with Gasteiger partial charge in [0.1, 0.15) is 6.10 Å². The summed E-state index contributed by atoms with van der Waals surface area (Å²) in [6, 6.07) is -1.82. The molecule has 244 valence electrons. The highest BCUT2D eigenvalue weighted by molar-refractivity contribution is 5.95. The number of nitrogens with zero attached hydrogens (tertiary/aromatic N) is 1. The molecule has 11 heteroatoms. The zero-order valence-electron chi connectivity index (χ0n) is 26.7. The van der Waals surface area contributed by atoms with Gasteiger partial charge in [0.2, 0.25) is 23.6 Å². The second-order valence-corrected chi connectivity index (χ2v) is 12.3. The minimum absolute atomic E-state index is 0.151. The molecular formula is C32H54N4O7. The topological polar surface area (TPSA) is 168 Å². The lowest BCUT2D eigenvalue weighted by molar-refractivity contribution is -0.165. The first-order valence-electron chi connectivity index (χ1n) is 15.6. The van der Waals surface area contributed by atoms with E-state index in [4.69, 9.17) is 10.5 Å². The lowest BCUT2D eigenvalue weighted by atomic mass is 9.88. The van der Waals surface area contributed by atoms with Crippen molar-refractivity contribution in [2.24, 2.45) is 23.5 Å². The maximum atomic E-state index is 13.2. The number of nitrogens with two attached hydrogens (primary N) is 1. The number of primary amides is 1. The average molecular weight is 607 g/mol. The average Bonchev–Trinajstić information content (AvgIpc) is 2.94. The van der Waals surface area contributed by atoms with Crippen molar-refractivity contribution in [3.05, 3.63) is 24.4 Å². The maximum absolute atomic E-state index is 13.2. The summed E-state index contributed by atoms with van der Waals surface area (Å²) in [5.74, 6) is -4.58. The Kier molecular flexibility index (Phi) is 17.5. The SMILES string of the molecule is C=C1/C=C/C(=O)N(C)CC(=O)N[C@@H]([C@H](O)C(N)=O)C(=O)O[C@@H]([C@H](C)CCCCCCCCCCCC(C)C)[C@H](C)C(=O)N1. The number of aliphatic hydroxyl groups excluding tert-OH is 1. The lowest BCUT2D eigenvalue weighted by Gasteiger charge is -2.31. The molecule has 5 N–H and O–H groups in total. The number of rotatable bonds is 15. The summed E-state index contributed by atoms with van der Waals surface area (Å²) < 4.78 is 5.73. The summed E-state index contributed by atoms with van der Waals surface area (Å²) in [5, 5.41) is 15.2. The second kappa shape index (κ2) is 19.9. The zero-order chi connectivity index (χ0) is 32.5. The third-order valence-electron chi connectivity index (χ3n) is 7.81. The molecule has 43 heavy (non-hydrogen) atoms. The van der Waals surface area contributed by atoms with E-state index in [9.17, 15) is 29.1 Å². The van der Waals surface area contributed by atoms with Crippen molar-refractivity contribution in [3.63, 3.8) is 0 Å². The largest absolute Gasteiger partial charge is 0.460 e. The van der Waals surface area contributed by atoms with Crippen LogP contribution in [0.15, 0.2) is 24.4 Å². The van der Waals surface area contributed by atoms with E-state index in [2.05, 4.69) is 31.1 Å². The van der Waals surface area contributed by atoms with Crippen LogP contribution in [0, 0.1) is 17.8 Å². The van der Waals surface area contributed by atoms with Gasteiger partial charge in [-0.25, -0.2) is 4.79 Å². The molecule has 0 saturated heterocycles. The van der Waals surface area contributed by atoms with Gasteiger partial charge in [0, 0.05) is 18.8 Å². The van der Waals surface area contributed by atoms with Crippen molar-refractivity contribution in [1.82, 2.24) is 15.5 Å². The van der Waals surface area contributed by atoms with Gasteiger partial charge in [0.15, 0.2) is 12.1 Å². The van der Waals surface area contributed by atoms with Gasteiger partial charge in [-0.2, -0.15) is 0 Å². The quantitative estimate of drug-likeness (QED) is 0.164. The molecule has 0 fully saturated rings. The fraction of sp³-hybridized carbons (Fsp3) is 0.719. The summed E-state index contributed by atoms with van der Waals surface area (Å²) in [4.78, 5) is 64.1. The van der Waals surface area contributed by atoms with E-state index in [-0.39, 0.29) is 11.6 Å². The predicted molar refractivity (Wildman–Crippen MR) is 165 cm³/mol. The van der Waals surface area contributed by atoms with Crippen LogP contribution < -0.4 is 16.4 Å². The molecule has 1 aliphatic rings. The van der Waals surface area contributed by atoms with E-state index in [1.165, 1.54) is 51.6 Å². The van der Waals surface area contributed by atoms with Crippen LogP contribution in [0.2, 0.25) is 0 Å². The normalized spacial score (nSPS) is 23.1. The van der Waals surface area contributed by atoms with Gasteiger partial charge in [-0.3, -0.25) is 19.2 Å². The first-order chi connectivity index (χ1) is 20.2. The van der Waals surface area contributed by atoms with Gasteiger partial charge in [-0.05, 0) is 24.3 Å². The van der Waals surface area contributed by atoms with Crippen LogP contribution in [-0.2, 0) is 28.7 Å². The molecule has 4 amide bonds. The Morgan fingerprint density at radius 3 is 2.07 bits per heavy atom. The summed E-state index contributed by atoms with van der Waals surface area (Å²) >= 11 is 0. The molecule has 0 bridgehead atoms. The predicted octanol–water partition coefficient (Wildman–Crippen LogP) is 3.11. The number of hydrogen-bond donors (Lipinski definition) is 4. The van der Waals surface area contributed by atoms with E-state index in [0.717, 1.165) is 42.6 Å². The smallest absolute Gasteiger partial charge is 0.332 e. The number of esters is 1. The second-order valence-electron chi connectivity index (χ2n) is 12.3.